The van der Waals surface area contributed by atoms with E-state index in [0.29, 0.717) is 0 Å². The topological polar surface area (TPSA) is 78.6 Å². The molecule has 5 heteroatoms. The molecule has 2 N–H and O–H groups in total. The number of nitrogens with two attached hydrogens (primary N) is 1. The number of hydrogen-bond donors (Lipinski definition) is 1. The molecule has 1 aliphatic heterocycles. The number of cyclic esters (lactones) is 1. The number of rotatable bonds is 1. The second kappa shape index (κ2) is 2.38. The van der Waals surface area contributed by atoms with Gasteiger partial charge in [-0.05, 0) is 0 Å². The van der Waals surface area contributed by atoms with Crippen LogP contribution < -0.4 is 5.73 Å². The lowest BCUT2D eigenvalue weighted by Crippen LogP contribution is -2.22. The number of carbonyl (C=O) groups is 2. The molecule has 5 nitrogen and oxygen atoms in total. The van der Waals surface area contributed by atoms with Gasteiger partial charge in [0.05, 0.1) is 0 Å². The van der Waals surface area contributed by atoms with Crippen LogP contribution in [0.1, 0.15) is 0 Å². The van der Waals surface area contributed by atoms with Crippen LogP contribution in [0.25, 0.3) is 0 Å². The van der Waals surface area contributed by atoms with Gasteiger partial charge in [-0.15, -0.1) is 0 Å². The molecule has 0 radical (unpaired) electrons. The van der Waals surface area contributed by atoms with Crippen LogP contribution in [0, 0.1) is 0 Å². The maximum atomic E-state index is 10.3. The minimum atomic E-state index is -0.968. The van der Waals surface area contributed by atoms with Gasteiger partial charge in [-0.25, -0.2) is 9.59 Å². The van der Waals surface area contributed by atoms with Crippen LogP contribution in [-0.4, -0.2) is 18.4 Å². The lowest BCUT2D eigenvalue weighted by Gasteiger charge is -2.05. The largest absolute Gasteiger partial charge is 0.418 e. The molecule has 54 valence electrons. The first-order valence-electron chi connectivity index (χ1n) is 2.53. The average Bonchev–Trinajstić information content (AvgIpc) is 2.13. The highest BCUT2D eigenvalue weighted by molar-refractivity contribution is 5.84. The first kappa shape index (κ1) is 6.60. The van der Waals surface area contributed by atoms with Crippen molar-refractivity contribution in [2.45, 2.75) is 6.29 Å². The molecule has 0 bridgehead atoms. The van der Waals surface area contributed by atoms with Crippen molar-refractivity contribution in [2.75, 3.05) is 0 Å². The van der Waals surface area contributed by atoms with Crippen molar-refractivity contribution in [3.8, 4) is 0 Å². The first-order chi connectivity index (χ1) is 4.68. The predicted molar refractivity (Wildman–Crippen MR) is 29.7 cm³/mol. The molecule has 10 heavy (non-hydrogen) atoms. The molecule has 1 unspecified atom stereocenters. The Bertz CT molecular complexity index is 198. The third kappa shape index (κ3) is 1.48. The van der Waals surface area contributed by atoms with Gasteiger partial charge in [-0.2, -0.15) is 0 Å². The zero-order valence-electron chi connectivity index (χ0n) is 4.94. The van der Waals surface area contributed by atoms with E-state index in [1.54, 1.807) is 0 Å². The fraction of sp³-hybridized carbons (Fsp3) is 0.200. The number of ether oxygens (including phenoxy) is 2. The molecule has 1 aliphatic rings. The van der Waals surface area contributed by atoms with Crippen molar-refractivity contribution in [3.63, 3.8) is 0 Å². The second-order valence-electron chi connectivity index (χ2n) is 1.60. The van der Waals surface area contributed by atoms with E-state index in [1.165, 1.54) is 6.08 Å². The van der Waals surface area contributed by atoms with Crippen molar-refractivity contribution in [1.29, 1.82) is 0 Å². The van der Waals surface area contributed by atoms with Gasteiger partial charge in [0.1, 0.15) is 0 Å². The number of esters is 1. The molecule has 1 rings (SSSR count). The van der Waals surface area contributed by atoms with Gasteiger partial charge in [0.2, 0.25) is 0 Å². The standard InChI is InChI=1S/C5H5NO4/c6-5(8)10-4-2-1-3(7)9-4/h1-2,4H,(H2,6,8). The summed E-state index contributed by atoms with van der Waals surface area (Å²) in [6, 6.07) is 0. The van der Waals surface area contributed by atoms with Crippen LogP contribution in [0.4, 0.5) is 4.79 Å². The summed E-state index contributed by atoms with van der Waals surface area (Å²) >= 11 is 0. The van der Waals surface area contributed by atoms with Crippen molar-refractivity contribution in [1.82, 2.24) is 0 Å². The Labute approximate surface area is 56.4 Å². The Morgan fingerprint density at radius 1 is 1.80 bits per heavy atom. The van der Waals surface area contributed by atoms with E-state index in [-0.39, 0.29) is 0 Å². The Balaban J connectivity index is 2.40. The summed E-state index contributed by atoms with van der Waals surface area (Å²) in [5.41, 5.74) is 4.63. The van der Waals surface area contributed by atoms with Gasteiger partial charge in [-0.3, -0.25) is 0 Å². The first-order valence-corrected chi connectivity index (χ1v) is 2.53. The van der Waals surface area contributed by atoms with Gasteiger partial charge >= 0.3 is 12.1 Å². The van der Waals surface area contributed by atoms with Crippen molar-refractivity contribution in [3.05, 3.63) is 12.2 Å². The highest BCUT2D eigenvalue weighted by Gasteiger charge is 2.18. The maximum absolute atomic E-state index is 10.3. The highest BCUT2D eigenvalue weighted by atomic mass is 16.7. The van der Waals surface area contributed by atoms with Crippen LogP contribution in [0.15, 0.2) is 12.2 Å². The summed E-state index contributed by atoms with van der Waals surface area (Å²) < 4.78 is 8.69. The third-order valence-electron chi connectivity index (χ3n) is 0.854. The van der Waals surface area contributed by atoms with E-state index in [0.717, 1.165) is 6.08 Å². The van der Waals surface area contributed by atoms with Crippen molar-refractivity contribution >= 4 is 12.1 Å². The molecule has 0 aromatic rings. The smallest absolute Gasteiger partial charge is 0.407 e. The van der Waals surface area contributed by atoms with E-state index in [4.69, 9.17) is 0 Å². The SMILES string of the molecule is NC(=O)OC1C=CC(=O)O1. The molecule has 0 fully saturated rings. The van der Waals surface area contributed by atoms with Gasteiger partial charge < -0.3 is 15.2 Å². The monoisotopic (exact) mass is 143 g/mol. The maximum Gasteiger partial charge on any atom is 0.407 e. The van der Waals surface area contributed by atoms with Gasteiger partial charge in [0.15, 0.2) is 0 Å². The zero-order valence-corrected chi connectivity index (χ0v) is 4.94. The number of amides is 1. The zero-order chi connectivity index (χ0) is 7.56. The van der Waals surface area contributed by atoms with E-state index < -0.39 is 18.4 Å². The molecule has 0 aromatic heterocycles. The number of hydrogen-bond acceptors (Lipinski definition) is 4. The molecular formula is C5H5NO4. The van der Waals surface area contributed by atoms with E-state index in [9.17, 15) is 9.59 Å². The van der Waals surface area contributed by atoms with Crippen LogP contribution >= 0.6 is 0 Å². The minimum Gasteiger partial charge on any atom is -0.418 e. The average molecular weight is 143 g/mol. The fourth-order valence-corrected chi connectivity index (χ4v) is 0.528. The molecule has 0 spiro atoms. The normalized spacial score (nSPS) is 22.4. The van der Waals surface area contributed by atoms with E-state index in [1.807, 2.05) is 0 Å². The van der Waals surface area contributed by atoms with E-state index in [2.05, 4.69) is 15.2 Å². The minimum absolute atomic E-state index is 0.536. The Morgan fingerprint density at radius 3 is 2.90 bits per heavy atom. The van der Waals surface area contributed by atoms with Gasteiger partial charge in [-0.1, -0.05) is 0 Å². The Kier molecular flexibility index (Phi) is 1.57. The van der Waals surface area contributed by atoms with Crippen LogP contribution in [-0.2, 0) is 14.3 Å². The number of primary amides is 1. The third-order valence-corrected chi connectivity index (χ3v) is 0.854. The summed E-state index contributed by atoms with van der Waals surface area (Å²) in [7, 11) is 0. The molecule has 0 aromatic carbocycles. The quantitative estimate of drug-likeness (QED) is 0.503. The van der Waals surface area contributed by atoms with Gasteiger partial charge in [0.25, 0.3) is 6.29 Å². The van der Waals surface area contributed by atoms with Crippen LogP contribution in [0.5, 0.6) is 0 Å². The highest BCUT2D eigenvalue weighted by Crippen LogP contribution is 2.05. The lowest BCUT2D eigenvalue weighted by atomic mass is 10.5. The second-order valence-corrected chi connectivity index (χ2v) is 1.60. The Hall–Kier alpha value is -1.52. The van der Waals surface area contributed by atoms with Gasteiger partial charge in [0, 0.05) is 12.2 Å². The lowest BCUT2D eigenvalue weighted by molar-refractivity contribution is -0.150. The number of carbonyl (C=O) groups excluding carboxylic acids is 2. The molecule has 0 saturated carbocycles. The van der Waals surface area contributed by atoms with Crippen LogP contribution in [0.3, 0.4) is 0 Å². The van der Waals surface area contributed by atoms with Crippen LogP contribution in [0.2, 0.25) is 0 Å². The fourth-order valence-electron chi connectivity index (χ4n) is 0.528. The van der Waals surface area contributed by atoms with E-state index >= 15 is 0 Å². The Morgan fingerprint density at radius 2 is 2.50 bits per heavy atom. The van der Waals surface area contributed by atoms with Crippen molar-refractivity contribution < 1.29 is 19.1 Å². The molecule has 1 atom stereocenters. The predicted octanol–water partition coefficient (Wildman–Crippen LogP) is -0.479. The summed E-state index contributed by atoms with van der Waals surface area (Å²) in [5, 5.41) is 0. The summed E-state index contributed by atoms with van der Waals surface area (Å²) in [6.45, 7) is 0. The molecule has 0 saturated heterocycles. The molecule has 1 heterocycles. The summed E-state index contributed by atoms with van der Waals surface area (Å²) in [5.74, 6) is -0.536. The molecule has 1 amide bonds. The van der Waals surface area contributed by atoms with Crippen molar-refractivity contribution in [2.24, 2.45) is 5.73 Å². The molecular weight excluding hydrogens is 138 g/mol. The summed E-state index contributed by atoms with van der Waals surface area (Å²) in [6.07, 6.45) is 0.551. The summed E-state index contributed by atoms with van der Waals surface area (Å²) in [4.78, 5) is 20.3. The molecule has 0 aliphatic carbocycles.